The normalized spacial score (nSPS) is 21.3. The Morgan fingerprint density at radius 1 is 1.17 bits per heavy atom. The number of rotatable bonds is 8. The van der Waals surface area contributed by atoms with Gasteiger partial charge >= 0.3 is 0 Å². The minimum absolute atomic E-state index is 0.0658. The summed E-state index contributed by atoms with van der Waals surface area (Å²) < 4.78 is 27.0. The lowest BCUT2D eigenvalue weighted by Crippen LogP contribution is -2.50. The third-order valence-electron chi connectivity index (χ3n) is 5.89. The van der Waals surface area contributed by atoms with E-state index in [1.54, 1.807) is 0 Å². The zero-order chi connectivity index (χ0) is 21.7. The van der Waals surface area contributed by atoms with E-state index in [2.05, 4.69) is 6.58 Å². The number of amides is 1. The zero-order valence-corrected chi connectivity index (χ0v) is 17.3. The number of hydrogen-bond acceptors (Lipinski definition) is 2. The van der Waals surface area contributed by atoms with E-state index < -0.39 is 23.7 Å². The van der Waals surface area contributed by atoms with Crippen LogP contribution in [0.5, 0.6) is 0 Å². The van der Waals surface area contributed by atoms with Gasteiger partial charge in [-0.2, -0.15) is 0 Å². The summed E-state index contributed by atoms with van der Waals surface area (Å²) in [6, 6.07) is 13.2. The first-order valence-electron chi connectivity index (χ1n) is 10.4. The summed E-state index contributed by atoms with van der Waals surface area (Å²) >= 11 is 0. The van der Waals surface area contributed by atoms with E-state index in [0.717, 1.165) is 18.1 Å². The predicted octanol–water partition coefficient (Wildman–Crippen LogP) is 4.75. The predicted molar refractivity (Wildman–Crippen MR) is 114 cm³/mol. The smallest absolute Gasteiger partial charge is 0.228 e. The van der Waals surface area contributed by atoms with Gasteiger partial charge < -0.3 is 10.0 Å². The molecule has 0 aliphatic carbocycles. The largest absolute Gasteiger partial charge is 0.392 e. The molecular formula is C25H29F2NO2. The molecule has 0 saturated carbocycles. The molecule has 1 fully saturated rings. The molecule has 1 amide bonds. The molecule has 5 heteroatoms. The van der Waals surface area contributed by atoms with Crippen molar-refractivity contribution in [1.82, 2.24) is 4.90 Å². The van der Waals surface area contributed by atoms with Crippen molar-refractivity contribution in [3.8, 4) is 0 Å². The molecule has 0 spiro atoms. The zero-order valence-electron chi connectivity index (χ0n) is 17.3. The van der Waals surface area contributed by atoms with Crippen LogP contribution in [0.15, 0.2) is 61.2 Å². The molecule has 1 N–H and O–H groups in total. The van der Waals surface area contributed by atoms with Gasteiger partial charge in [-0.15, -0.1) is 6.58 Å². The maximum atomic E-state index is 13.5. The van der Waals surface area contributed by atoms with Crippen molar-refractivity contribution >= 4 is 5.91 Å². The van der Waals surface area contributed by atoms with Crippen LogP contribution >= 0.6 is 0 Å². The molecule has 1 saturated heterocycles. The van der Waals surface area contributed by atoms with Crippen LogP contribution < -0.4 is 0 Å². The number of nitrogens with zero attached hydrogens (tertiary/aromatic N) is 1. The van der Waals surface area contributed by atoms with E-state index in [9.17, 15) is 18.7 Å². The maximum Gasteiger partial charge on any atom is 0.228 e. The summed E-state index contributed by atoms with van der Waals surface area (Å²) in [5.41, 5.74) is 1.52. The van der Waals surface area contributed by atoms with E-state index in [1.807, 2.05) is 48.2 Å². The fourth-order valence-corrected chi connectivity index (χ4v) is 4.43. The van der Waals surface area contributed by atoms with Crippen LogP contribution in [0.2, 0.25) is 0 Å². The van der Waals surface area contributed by atoms with Crippen LogP contribution in [0.25, 0.3) is 0 Å². The lowest BCUT2D eigenvalue weighted by Gasteiger charge is -2.40. The molecule has 0 bridgehead atoms. The second-order valence-electron chi connectivity index (χ2n) is 8.39. The quantitative estimate of drug-likeness (QED) is 0.635. The fraction of sp³-hybridized carbons (Fsp3) is 0.400. The molecule has 2 aromatic rings. The minimum atomic E-state index is -0.894. The lowest BCUT2D eigenvalue weighted by molar-refractivity contribution is -0.147. The molecule has 0 unspecified atom stereocenters. The van der Waals surface area contributed by atoms with E-state index in [-0.39, 0.29) is 17.7 Å². The van der Waals surface area contributed by atoms with Gasteiger partial charge in [-0.1, -0.05) is 43.3 Å². The van der Waals surface area contributed by atoms with Gasteiger partial charge in [-0.25, -0.2) is 8.78 Å². The molecule has 30 heavy (non-hydrogen) atoms. The van der Waals surface area contributed by atoms with Gasteiger partial charge in [0.05, 0.1) is 12.0 Å². The average Bonchev–Trinajstić information content (AvgIpc) is 2.70. The van der Waals surface area contributed by atoms with Gasteiger partial charge in [0, 0.05) is 19.2 Å². The van der Waals surface area contributed by atoms with Crippen LogP contribution in [0.3, 0.4) is 0 Å². The Morgan fingerprint density at radius 2 is 1.83 bits per heavy atom. The van der Waals surface area contributed by atoms with Crippen LogP contribution in [0.1, 0.15) is 30.9 Å². The highest BCUT2D eigenvalue weighted by molar-refractivity contribution is 5.80. The number of carbonyl (C=O) groups excluding carboxylic acids is 1. The van der Waals surface area contributed by atoms with E-state index in [0.29, 0.717) is 31.5 Å². The molecule has 3 nitrogen and oxygen atoms in total. The molecule has 3 rings (SSSR count). The second-order valence-corrected chi connectivity index (χ2v) is 8.39. The third-order valence-corrected chi connectivity index (χ3v) is 5.89. The molecule has 4 atom stereocenters. The first-order chi connectivity index (χ1) is 14.4. The van der Waals surface area contributed by atoms with Gasteiger partial charge in [-0.05, 0) is 54.4 Å². The van der Waals surface area contributed by atoms with Crippen LogP contribution in [-0.4, -0.2) is 28.6 Å². The van der Waals surface area contributed by atoms with Crippen molar-refractivity contribution in [2.45, 2.75) is 38.8 Å². The Labute approximate surface area is 177 Å². The number of piperidine rings is 1. The van der Waals surface area contributed by atoms with Gasteiger partial charge in [0.15, 0.2) is 0 Å². The first kappa shape index (κ1) is 22.2. The van der Waals surface area contributed by atoms with Crippen molar-refractivity contribution in [3.63, 3.8) is 0 Å². The summed E-state index contributed by atoms with van der Waals surface area (Å²) in [5.74, 6) is -1.98. The van der Waals surface area contributed by atoms with Gasteiger partial charge in [0.1, 0.15) is 11.6 Å². The Kier molecular flexibility index (Phi) is 7.38. The topological polar surface area (TPSA) is 40.5 Å². The van der Waals surface area contributed by atoms with Crippen molar-refractivity contribution in [1.29, 1.82) is 0 Å². The molecule has 160 valence electrons. The molecule has 0 radical (unpaired) electrons. The summed E-state index contributed by atoms with van der Waals surface area (Å²) in [4.78, 5) is 15.0. The Morgan fingerprint density at radius 3 is 2.47 bits per heavy atom. The molecule has 1 aliphatic heterocycles. The number of hydrogen-bond donors (Lipinski definition) is 1. The molecule has 1 heterocycles. The molecule has 0 aromatic heterocycles. The van der Waals surface area contributed by atoms with Crippen LogP contribution in [0.4, 0.5) is 8.78 Å². The number of aliphatic hydroxyl groups excluding tert-OH is 1. The number of allylic oxidation sites excluding steroid dienone is 1. The standard InChI is InChI=1S/C25H29F2NO2/c1-3-7-19-13-23(25(30)28(16-19)15-18-8-5-4-6-9-18)24(29)17(2)10-20-11-21(26)14-22(27)12-20/h3-6,8-9,11-12,14,17,19,23-24,29H,1,7,10,13,15-16H2,2H3/t17-,19+,23-,24-/m0/s1. The van der Waals surface area contributed by atoms with Crippen molar-refractivity contribution in [2.75, 3.05) is 6.54 Å². The van der Waals surface area contributed by atoms with Crippen molar-refractivity contribution in [2.24, 2.45) is 17.8 Å². The Hall–Kier alpha value is -2.53. The second kappa shape index (κ2) is 9.98. The van der Waals surface area contributed by atoms with Crippen molar-refractivity contribution < 1.29 is 18.7 Å². The van der Waals surface area contributed by atoms with Gasteiger partial charge in [0.25, 0.3) is 0 Å². The van der Waals surface area contributed by atoms with Crippen molar-refractivity contribution in [3.05, 3.63) is 83.9 Å². The number of aliphatic hydroxyl groups is 1. The number of benzene rings is 2. The summed E-state index contributed by atoms with van der Waals surface area (Å²) in [6.07, 6.45) is 2.60. The number of halogens is 2. The number of likely N-dealkylation sites (tertiary alicyclic amines) is 1. The minimum Gasteiger partial charge on any atom is -0.392 e. The average molecular weight is 414 g/mol. The monoisotopic (exact) mass is 413 g/mol. The van der Waals surface area contributed by atoms with E-state index in [4.69, 9.17) is 0 Å². The third kappa shape index (κ3) is 5.54. The summed E-state index contributed by atoms with van der Waals surface area (Å²) in [5, 5.41) is 11.0. The molecule has 2 aromatic carbocycles. The first-order valence-corrected chi connectivity index (χ1v) is 10.4. The lowest BCUT2D eigenvalue weighted by atomic mass is 9.78. The fourth-order valence-electron chi connectivity index (χ4n) is 4.43. The summed E-state index contributed by atoms with van der Waals surface area (Å²) in [6.45, 7) is 6.77. The number of carbonyl (C=O) groups is 1. The maximum absolute atomic E-state index is 13.5. The highest BCUT2D eigenvalue weighted by Gasteiger charge is 2.39. The van der Waals surface area contributed by atoms with E-state index >= 15 is 0 Å². The summed E-state index contributed by atoms with van der Waals surface area (Å²) in [7, 11) is 0. The highest BCUT2D eigenvalue weighted by Crippen LogP contribution is 2.32. The SMILES string of the molecule is C=CC[C@@H]1C[C@@H]([C@@H](O)[C@@H](C)Cc2cc(F)cc(F)c2)C(=O)N(Cc2ccccc2)C1. The molecular weight excluding hydrogens is 384 g/mol. The molecule has 1 aliphatic rings. The highest BCUT2D eigenvalue weighted by atomic mass is 19.1. The van der Waals surface area contributed by atoms with Crippen LogP contribution in [0, 0.1) is 29.4 Å². The Bertz CT molecular complexity index is 850. The van der Waals surface area contributed by atoms with Gasteiger partial charge in [-0.3, -0.25) is 4.79 Å². The van der Waals surface area contributed by atoms with E-state index in [1.165, 1.54) is 12.1 Å². The van der Waals surface area contributed by atoms with Gasteiger partial charge in [0.2, 0.25) is 5.91 Å². The van der Waals surface area contributed by atoms with Crippen LogP contribution in [-0.2, 0) is 17.8 Å². The Balaban J connectivity index is 1.75.